The normalized spacial score (nSPS) is 13.7. The first-order chi connectivity index (χ1) is 13.7. The van der Waals surface area contributed by atoms with Crippen molar-refractivity contribution in [2.75, 3.05) is 23.3 Å². The van der Waals surface area contributed by atoms with E-state index in [2.05, 4.69) is 26.5 Å². The topological polar surface area (TPSA) is 71.3 Å². The highest BCUT2D eigenvalue weighted by atomic mass is 16.4. The lowest BCUT2D eigenvalue weighted by Crippen LogP contribution is -2.21. The molecule has 1 amide bonds. The molecule has 0 unspecified atom stereocenters. The minimum Gasteiger partial charge on any atom is -0.421 e. The molecule has 1 aliphatic rings. The molecule has 0 aliphatic carbocycles. The van der Waals surface area contributed by atoms with E-state index in [1.54, 1.807) is 0 Å². The summed E-state index contributed by atoms with van der Waals surface area (Å²) in [7, 11) is 0. The van der Waals surface area contributed by atoms with Crippen LogP contribution in [0.15, 0.2) is 52.9 Å². The van der Waals surface area contributed by atoms with Gasteiger partial charge in [0.1, 0.15) is 0 Å². The van der Waals surface area contributed by atoms with Crippen LogP contribution >= 0.6 is 0 Å². The van der Waals surface area contributed by atoms with E-state index in [0.717, 1.165) is 30.0 Å². The largest absolute Gasteiger partial charge is 0.421 e. The van der Waals surface area contributed by atoms with Crippen molar-refractivity contribution >= 4 is 17.3 Å². The SMILES string of the molecule is Cc1ccc(-c2nnc(CCC(=O)Nc3ccccc3N3CCCC3)o2)cc1. The van der Waals surface area contributed by atoms with Gasteiger partial charge >= 0.3 is 0 Å². The molecule has 3 aromatic rings. The van der Waals surface area contributed by atoms with E-state index in [9.17, 15) is 4.79 Å². The highest BCUT2D eigenvalue weighted by molar-refractivity contribution is 5.94. The molecule has 1 aliphatic heterocycles. The summed E-state index contributed by atoms with van der Waals surface area (Å²) >= 11 is 0. The van der Waals surface area contributed by atoms with Gasteiger partial charge in [0.05, 0.1) is 11.4 Å². The Morgan fingerprint density at radius 2 is 1.82 bits per heavy atom. The molecule has 1 fully saturated rings. The molecular weight excluding hydrogens is 352 g/mol. The molecule has 0 saturated carbocycles. The minimum absolute atomic E-state index is 0.0540. The molecule has 6 heteroatoms. The van der Waals surface area contributed by atoms with Crippen molar-refractivity contribution in [2.24, 2.45) is 0 Å². The van der Waals surface area contributed by atoms with Crippen LogP contribution in [0.25, 0.3) is 11.5 Å². The maximum atomic E-state index is 12.4. The predicted molar refractivity (Wildman–Crippen MR) is 109 cm³/mol. The molecule has 28 heavy (non-hydrogen) atoms. The Morgan fingerprint density at radius 1 is 1.07 bits per heavy atom. The van der Waals surface area contributed by atoms with Crippen molar-refractivity contribution in [2.45, 2.75) is 32.6 Å². The van der Waals surface area contributed by atoms with Crippen molar-refractivity contribution in [1.29, 1.82) is 0 Å². The zero-order valence-corrected chi connectivity index (χ0v) is 16.0. The molecule has 0 bridgehead atoms. The summed E-state index contributed by atoms with van der Waals surface area (Å²) in [6, 6.07) is 15.9. The second kappa shape index (κ2) is 8.25. The zero-order valence-electron chi connectivity index (χ0n) is 16.0. The average molecular weight is 376 g/mol. The fourth-order valence-electron chi connectivity index (χ4n) is 3.41. The van der Waals surface area contributed by atoms with E-state index in [1.807, 2.05) is 49.4 Å². The third-order valence-electron chi connectivity index (χ3n) is 4.96. The Hall–Kier alpha value is -3.15. The van der Waals surface area contributed by atoms with Gasteiger partial charge in [-0.2, -0.15) is 0 Å². The summed E-state index contributed by atoms with van der Waals surface area (Å²) < 4.78 is 5.70. The number of nitrogens with zero attached hydrogens (tertiary/aromatic N) is 3. The Kier molecular flexibility index (Phi) is 5.37. The van der Waals surface area contributed by atoms with E-state index in [4.69, 9.17) is 4.42 Å². The number of rotatable bonds is 6. The molecule has 0 atom stereocenters. The van der Waals surface area contributed by atoms with Gasteiger partial charge in [0.25, 0.3) is 0 Å². The van der Waals surface area contributed by atoms with Crippen LogP contribution in [0.5, 0.6) is 0 Å². The lowest BCUT2D eigenvalue weighted by molar-refractivity contribution is -0.116. The number of nitrogens with one attached hydrogen (secondary N) is 1. The van der Waals surface area contributed by atoms with E-state index in [0.29, 0.717) is 24.6 Å². The van der Waals surface area contributed by atoms with Crippen LogP contribution in [0, 0.1) is 6.92 Å². The predicted octanol–water partition coefficient (Wildman–Crippen LogP) is 4.22. The van der Waals surface area contributed by atoms with E-state index >= 15 is 0 Å². The lowest BCUT2D eigenvalue weighted by Gasteiger charge is -2.21. The fraction of sp³-hybridized carbons (Fsp3) is 0.318. The Balaban J connectivity index is 1.36. The van der Waals surface area contributed by atoms with Crippen LogP contribution in [0.2, 0.25) is 0 Å². The summed E-state index contributed by atoms with van der Waals surface area (Å²) in [4.78, 5) is 14.8. The van der Waals surface area contributed by atoms with Crippen molar-refractivity contribution in [3.63, 3.8) is 0 Å². The third-order valence-corrected chi connectivity index (χ3v) is 4.96. The second-order valence-corrected chi connectivity index (χ2v) is 7.13. The molecule has 2 heterocycles. The Morgan fingerprint density at radius 3 is 2.61 bits per heavy atom. The molecule has 1 N–H and O–H groups in total. The van der Waals surface area contributed by atoms with Gasteiger partial charge in [0.15, 0.2) is 0 Å². The number of aromatic nitrogens is 2. The number of carbonyl (C=O) groups excluding carboxylic acids is 1. The van der Waals surface area contributed by atoms with Crippen LogP contribution < -0.4 is 10.2 Å². The summed E-state index contributed by atoms with van der Waals surface area (Å²) in [6.45, 7) is 4.11. The maximum Gasteiger partial charge on any atom is 0.247 e. The molecule has 0 radical (unpaired) electrons. The van der Waals surface area contributed by atoms with Crippen LogP contribution in [0.4, 0.5) is 11.4 Å². The van der Waals surface area contributed by atoms with Crippen molar-refractivity contribution < 1.29 is 9.21 Å². The fourth-order valence-corrected chi connectivity index (χ4v) is 3.41. The molecule has 1 aromatic heterocycles. The van der Waals surface area contributed by atoms with Gasteiger partial charge in [0, 0.05) is 31.5 Å². The van der Waals surface area contributed by atoms with E-state index in [-0.39, 0.29) is 5.91 Å². The Labute approximate surface area is 164 Å². The third kappa shape index (κ3) is 4.22. The molecular formula is C22H24N4O2. The van der Waals surface area contributed by atoms with Gasteiger partial charge in [-0.3, -0.25) is 4.79 Å². The van der Waals surface area contributed by atoms with E-state index in [1.165, 1.54) is 18.4 Å². The second-order valence-electron chi connectivity index (χ2n) is 7.13. The van der Waals surface area contributed by atoms with Gasteiger partial charge in [-0.25, -0.2) is 0 Å². The molecule has 2 aromatic carbocycles. The molecule has 144 valence electrons. The van der Waals surface area contributed by atoms with Gasteiger partial charge in [0.2, 0.25) is 17.7 Å². The first-order valence-electron chi connectivity index (χ1n) is 9.72. The number of para-hydroxylation sites is 2. The van der Waals surface area contributed by atoms with Crippen molar-refractivity contribution in [1.82, 2.24) is 10.2 Å². The summed E-state index contributed by atoms with van der Waals surface area (Å²) in [5.74, 6) is 0.898. The number of hydrogen-bond donors (Lipinski definition) is 1. The van der Waals surface area contributed by atoms with Crippen LogP contribution in [-0.4, -0.2) is 29.2 Å². The molecule has 0 spiro atoms. The number of anilines is 2. The van der Waals surface area contributed by atoms with Crippen LogP contribution in [0.1, 0.15) is 30.7 Å². The first-order valence-corrected chi connectivity index (χ1v) is 9.72. The quantitative estimate of drug-likeness (QED) is 0.697. The van der Waals surface area contributed by atoms with E-state index < -0.39 is 0 Å². The summed E-state index contributed by atoms with van der Waals surface area (Å²) in [5, 5.41) is 11.2. The smallest absolute Gasteiger partial charge is 0.247 e. The molecule has 6 nitrogen and oxygen atoms in total. The lowest BCUT2D eigenvalue weighted by atomic mass is 10.1. The van der Waals surface area contributed by atoms with Gasteiger partial charge in [-0.05, 0) is 44.0 Å². The van der Waals surface area contributed by atoms with Crippen molar-refractivity contribution in [3.05, 3.63) is 60.0 Å². The number of carbonyl (C=O) groups is 1. The Bertz CT molecular complexity index is 943. The average Bonchev–Trinajstić information content (AvgIpc) is 3.40. The van der Waals surface area contributed by atoms with Crippen LogP contribution in [0.3, 0.4) is 0 Å². The molecule has 1 saturated heterocycles. The zero-order chi connectivity index (χ0) is 19.3. The summed E-state index contributed by atoms with van der Waals surface area (Å²) in [6.07, 6.45) is 3.10. The maximum absolute atomic E-state index is 12.4. The summed E-state index contributed by atoms with van der Waals surface area (Å²) in [5.41, 5.74) is 4.01. The highest BCUT2D eigenvalue weighted by Gasteiger charge is 2.17. The number of hydrogen-bond acceptors (Lipinski definition) is 5. The number of aryl methyl sites for hydroxylation is 2. The highest BCUT2D eigenvalue weighted by Crippen LogP contribution is 2.28. The minimum atomic E-state index is -0.0540. The molecule has 4 rings (SSSR count). The first kappa shape index (κ1) is 18.2. The van der Waals surface area contributed by atoms with Gasteiger partial charge in [-0.1, -0.05) is 29.8 Å². The standard InChI is InChI=1S/C22H24N4O2/c1-16-8-10-17(11-9-16)22-25-24-21(28-22)13-12-20(27)23-18-6-2-3-7-19(18)26-14-4-5-15-26/h2-3,6-11H,4-5,12-15H2,1H3,(H,23,27). The number of benzene rings is 2. The van der Waals surface area contributed by atoms with Crippen molar-refractivity contribution in [3.8, 4) is 11.5 Å². The van der Waals surface area contributed by atoms with Gasteiger partial charge < -0.3 is 14.6 Å². The van der Waals surface area contributed by atoms with Crippen LogP contribution in [-0.2, 0) is 11.2 Å². The van der Waals surface area contributed by atoms with Gasteiger partial charge in [-0.15, -0.1) is 10.2 Å². The monoisotopic (exact) mass is 376 g/mol. The number of amides is 1.